The number of rotatable bonds is 4. The highest BCUT2D eigenvalue weighted by atomic mass is 35.5. The van der Waals surface area contributed by atoms with E-state index in [0.717, 1.165) is 31.5 Å². The van der Waals surface area contributed by atoms with E-state index in [1.807, 2.05) is 0 Å². The molecule has 0 radical (unpaired) electrons. The Morgan fingerprint density at radius 3 is 2.74 bits per heavy atom. The van der Waals surface area contributed by atoms with E-state index in [0.29, 0.717) is 0 Å². The van der Waals surface area contributed by atoms with Gasteiger partial charge in [0.1, 0.15) is 4.90 Å². The van der Waals surface area contributed by atoms with Crippen molar-refractivity contribution in [1.29, 1.82) is 0 Å². The van der Waals surface area contributed by atoms with Crippen LogP contribution in [0.5, 0.6) is 0 Å². The Labute approximate surface area is 117 Å². The zero-order valence-corrected chi connectivity index (χ0v) is 11.7. The molecule has 108 valence electrons. The zero-order chi connectivity index (χ0) is 13.2. The summed E-state index contributed by atoms with van der Waals surface area (Å²) in [5, 5.41) is 3.11. The molecule has 4 nitrogen and oxygen atoms in total. The molecule has 0 aliphatic carbocycles. The predicted molar refractivity (Wildman–Crippen MR) is 69.8 cm³/mol. The van der Waals surface area contributed by atoms with Gasteiger partial charge in [0.2, 0.25) is 10.0 Å². The lowest BCUT2D eigenvalue weighted by Gasteiger charge is -2.12. The summed E-state index contributed by atoms with van der Waals surface area (Å²) >= 11 is 0. The van der Waals surface area contributed by atoms with Crippen molar-refractivity contribution in [3.05, 3.63) is 29.8 Å². The maximum atomic E-state index is 13.4. The fourth-order valence-electron chi connectivity index (χ4n) is 1.91. The van der Waals surface area contributed by atoms with Crippen molar-refractivity contribution in [2.75, 3.05) is 13.1 Å². The molecule has 1 aromatic rings. The van der Waals surface area contributed by atoms with Gasteiger partial charge in [0, 0.05) is 12.6 Å². The van der Waals surface area contributed by atoms with Crippen LogP contribution in [-0.2, 0) is 10.0 Å². The maximum absolute atomic E-state index is 13.4. The van der Waals surface area contributed by atoms with E-state index >= 15 is 0 Å². The summed E-state index contributed by atoms with van der Waals surface area (Å²) in [6.45, 7) is 1.03. The van der Waals surface area contributed by atoms with E-state index in [1.54, 1.807) is 0 Å². The molecular formula is C11H15ClF2N2O2S. The van der Waals surface area contributed by atoms with Gasteiger partial charge in [-0.05, 0) is 31.5 Å². The van der Waals surface area contributed by atoms with E-state index in [2.05, 4.69) is 10.0 Å². The fourth-order valence-corrected chi connectivity index (χ4v) is 3.08. The van der Waals surface area contributed by atoms with Gasteiger partial charge < -0.3 is 5.32 Å². The van der Waals surface area contributed by atoms with Crippen molar-refractivity contribution in [2.45, 2.75) is 23.8 Å². The van der Waals surface area contributed by atoms with Crippen LogP contribution in [0.4, 0.5) is 8.78 Å². The first-order valence-electron chi connectivity index (χ1n) is 5.68. The van der Waals surface area contributed by atoms with Crippen molar-refractivity contribution in [2.24, 2.45) is 0 Å². The Balaban J connectivity index is 0.00000180. The van der Waals surface area contributed by atoms with Gasteiger partial charge in [0.15, 0.2) is 11.6 Å². The van der Waals surface area contributed by atoms with Gasteiger partial charge in [-0.25, -0.2) is 21.9 Å². The summed E-state index contributed by atoms with van der Waals surface area (Å²) < 4.78 is 52.3. The van der Waals surface area contributed by atoms with Gasteiger partial charge in [-0.3, -0.25) is 0 Å². The minimum atomic E-state index is -4.01. The molecule has 1 saturated heterocycles. The second-order valence-electron chi connectivity index (χ2n) is 4.20. The monoisotopic (exact) mass is 312 g/mol. The molecule has 1 aliphatic rings. The Hall–Kier alpha value is -0.760. The second-order valence-corrected chi connectivity index (χ2v) is 5.93. The number of hydrogen-bond donors (Lipinski definition) is 2. The lowest BCUT2D eigenvalue weighted by molar-refractivity contribution is 0.481. The van der Waals surface area contributed by atoms with Crippen LogP contribution in [0.1, 0.15) is 12.8 Å². The largest absolute Gasteiger partial charge is 0.313 e. The average molecular weight is 313 g/mol. The highest BCUT2D eigenvalue weighted by Crippen LogP contribution is 2.16. The van der Waals surface area contributed by atoms with Crippen molar-refractivity contribution < 1.29 is 17.2 Å². The molecule has 2 N–H and O–H groups in total. The Kier molecular flexibility index (Phi) is 5.66. The normalized spacial score (nSPS) is 19.2. The van der Waals surface area contributed by atoms with Gasteiger partial charge in [-0.1, -0.05) is 6.07 Å². The lowest BCUT2D eigenvalue weighted by Crippen LogP contribution is -2.37. The van der Waals surface area contributed by atoms with Crippen LogP contribution in [0.2, 0.25) is 0 Å². The molecule has 1 fully saturated rings. The van der Waals surface area contributed by atoms with E-state index in [1.165, 1.54) is 6.07 Å². The molecule has 1 heterocycles. The first-order valence-corrected chi connectivity index (χ1v) is 7.16. The Bertz CT molecular complexity index is 533. The fraction of sp³-hybridized carbons (Fsp3) is 0.455. The molecule has 0 bridgehead atoms. The molecule has 0 aromatic heterocycles. The van der Waals surface area contributed by atoms with Crippen LogP contribution < -0.4 is 10.0 Å². The standard InChI is InChI=1S/C11H14F2N2O2S.ClH/c12-9-4-1-5-10(11(9)13)18(16,17)15-7-8-3-2-6-14-8;/h1,4-5,8,14-15H,2-3,6-7H2;1H. The number of benzene rings is 1. The van der Waals surface area contributed by atoms with Crippen LogP contribution in [-0.4, -0.2) is 27.5 Å². The third-order valence-corrected chi connectivity index (χ3v) is 4.33. The molecule has 2 rings (SSSR count). The predicted octanol–water partition coefficient (Wildman–Crippen LogP) is 1.42. The molecule has 8 heteroatoms. The summed E-state index contributed by atoms with van der Waals surface area (Å²) in [4.78, 5) is -0.652. The van der Waals surface area contributed by atoms with Crippen LogP contribution in [0.15, 0.2) is 23.1 Å². The van der Waals surface area contributed by atoms with Gasteiger partial charge in [0.25, 0.3) is 0 Å². The van der Waals surface area contributed by atoms with Crippen molar-refractivity contribution in [1.82, 2.24) is 10.0 Å². The molecule has 0 amide bonds. The molecule has 0 spiro atoms. The molecule has 1 unspecified atom stereocenters. The Morgan fingerprint density at radius 2 is 2.11 bits per heavy atom. The Morgan fingerprint density at radius 1 is 1.37 bits per heavy atom. The minimum absolute atomic E-state index is 0. The van der Waals surface area contributed by atoms with Gasteiger partial charge in [-0.2, -0.15) is 0 Å². The first-order chi connectivity index (χ1) is 8.50. The second kappa shape index (κ2) is 6.60. The van der Waals surface area contributed by atoms with Crippen LogP contribution in [0, 0.1) is 11.6 Å². The van der Waals surface area contributed by atoms with E-state index in [-0.39, 0.29) is 25.0 Å². The van der Waals surface area contributed by atoms with Crippen molar-refractivity contribution in [3.8, 4) is 0 Å². The van der Waals surface area contributed by atoms with Gasteiger partial charge in [0.05, 0.1) is 0 Å². The van der Waals surface area contributed by atoms with Crippen LogP contribution in [0.25, 0.3) is 0 Å². The topological polar surface area (TPSA) is 58.2 Å². The summed E-state index contributed by atoms with van der Waals surface area (Å²) in [6.07, 6.45) is 1.86. The van der Waals surface area contributed by atoms with E-state index in [9.17, 15) is 17.2 Å². The van der Waals surface area contributed by atoms with Gasteiger partial charge in [-0.15, -0.1) is 12.4 Å². The number of nitrogens with one attached hydrogen (secondary N) is 2. The van der Waals surface area contributed by atoms with Gasteiger partial charge >= 0.3 is 0 Å². The molecule has 1 atom stereocenters. The highest BCUT2D eigenvalue weighted by molar-refractivity contribution is 7.89. The van der Waals surface area contributed by atoms with E-state index in [4.69, 9.17) is 0 Å². The summed E-state index contributed by atoms with van der Waals surface area (Å²) in [7, 11) is -4.01. The third kappa shape index (κ3) is 3.85. The quantitative estimate of drug-likeness (QED) is 0.884. The zero-order valence-electron chi connectivity index (χ0n) is 10.0. The maximum Gasteiger partial charge on any atom is 0.243 e. The third-order valence-electron chi connectivity index (χ3n) is 2.89. The van der Waals surface area contributed by atoms with Crippen LogP contribution in [0.3, 0.4) is 0 Å². The SMILES string of the molecule is Cl.O=S(=O)(NCC1CCCN1)c1cccc(F)c1F. The summed E-state index contributed by atoms with van der Waals surface area (Å²) in [5.74, 6) is -2.51. The minimum Gasteiger partial charge on any atom is -0.313 e. The smallest absolute Gasteiger partial charge is 0.243 e. The molecule has 0 saturated carbocycles. The first kappa shape index (κ1) is 16.3. The highest BCUT2D eigenvalue weighted by Gasteiger charge is 2.23. The van der Waals surface area contributed by atoms with Crippen molar-refractivity contribution >= 4 is 22.4 Å². The number of halogens is 3. The van der Waals surface area contributed by atoms with Crippen molar-refractivity contribution in [3.63, 3.8) is 0 Å². The lowest BCUT2D eigenvalue weighted by atomic mass is 10.2. The average Bonchev–Trinajstić information content (AvgIpc) is 2.83. The molecule has 1 aliphatic heterocycles. The van der Waals surface area contributed by atoms with E-state index < -0.39 is 26.6 Å². The van der Waals surface area contributed by atoms with Crippen LogP contribution >= 0.6 is 12.4 Å². The summed E-state index contributed by atoms with van der Waals surface area (Å²) in [6, 6.07) is 3.15. The number of hydrogen-bond acceptors (Lipinski definition) is 3. The molecule has 1 aromatic carbocycles. The molecular weight excluding hydrogens is 298 g/mol. The summed E-state index contributed by atoms with van der Waals surface area (Å²) in [5.41, 5.74) is 0. The molecule has 19 heavy (non-hydrogen) atoms. The number of sulfonamides is 1.